The van der Waals surface area contributed by atoms with Gasteiger partial charge < -0.3 is 9.47 Å². The van der Waals surface area contributed by atoms with Gasteiger partial charge in [-0.15, -0.1) is 11.6 Å². The fourth-order valence-electron chi connectivity index (χ4n) is 1.98. The molecule has 0 saturated heterocycles. The third-order valence-corrected chi connectivity index (χ3v) is 3.51. The van der Waals surface area contributed by atoms with Gasteiger partial charge in [0.25, 0.3) is 0 Å². The first kappa shape index (κ1) is 17.5. The van der Waals surface area contributed by atoms with Gasteiger partial charge in [-0.05, 0) is 37.3 Å². The highest BCUT2D eigenvalue weighted by Gasteiger charge is 2.22. The number of hydrogen-bond acceptors (Lipinski definition) is 2. The van der Waals surface area contributed by atoms with Gasteiger partial charge in [0, 0.05) is 11.1 Å². The van der Waals surface area contributed by atoms with Crippen molar-refractivity contribution in [3.05, 3.63) is 22.7 Å². The van der Waals surface area contributed by atoms with Gasteiger partial charge in [0.2, 0.25) is 0 Å². The smallest absolute Gasteiger partial charge is 0.162 e. The van der Waals surface area contributed by atoms with Crippen LogP contribution in [0, 0.1) is 5.41 Å². The molecule has 0 spiro atoms. The minimum atomic E-state index is -0.141. The van der Waals surface area contributed by atoms with Gasteiger partial charge in [0.15, 0.2) is 11.5 Å². The molecule has 0 N–H and O–H groups in total. The fraction of sp³-hybridized carbons (Fsp3) is 0.625. The highest BCUT2D eigenvalue weighted by Crippen LogP contribution is 2.42. The van der Waals surface area contributed by atoms with Crippen LogP contribution in [0.25, 0.3) is 0 Å². The highest BCUT2D eigenvalue weighted by molar-refractivity contribution is 6.33. The van der Waals surface area contributed by atoms with Gasteiger partial charge in [-0.3, -0.25) is 0 Å². The second-order valence-electron chi connectivity index (χ2n) is 5.92. The minimum absolute atomic E-state index is 0.139. The summed E-state index contributed by atoms with van der Waals surface area (Å²) >= 11 is 12.9. The molecule has 1 rings (SSSR count). The molecule has 0 fully saturated rings. The lowest BCUT2D eigenvalue weighted by Crippen LogP contribution is -2.09. The van der Waals surface area contributed by atoms with Crippen LogP contribution in [-0.4, -0.2) is 13.2 Å². The molecule has 114 valence electrons. The average molecular weight is 319 g/mol. The summed E-state index contributed by atoms with van der Waals surface area (Å²) in [5.41, 5.74) is 1.04. The van der Waals surface area contributed by atoms with E-state index in [0.717, 1.165) is 12.0 Å². The van der Waals surface area contributed by atoms with E-state index in [4.69, 9.17) is 32.7 Å². The molecular weight excluding hydrogens is 295 g/mol. The molecule has 1 unspecified atom stereocenters. The van der Waals surface area contributed by atoms with Crippen LogP contribution in [0.1, 0.15) is 52.0 Å². The Morgan fingerprint density at radius 2 is 1.55 bits per heavy atom. The minimum Gasteiger partial charge on any atom is -0.490 e. The lowest BCUT2D eigenvalue weighted by molar-refractivity contribution is 0.287. The number of hydrogen-bond donors (Lipinski definition) is 0. The van der Waals surface area contributed by atoms with Crippen molar-refractivity contribution in [3.8, 4) is 11.5 Å². The Kier molecular flexibility index (Phi) is 6.47. The average Bonchev–Trinajstić information content (AvgIpc) is 2.30. The molecule has 1 atom stereocenters. The van der Waals surface area contributed by atoms with Crippen molar-refractivity contribution >= 4 is 23.2 Å². The number of benzene rings is 1. The van der Waals surface area contributed by atoms with Crippen molar-refractivity contribution in [2.24, 2.45) is 5.41 Å². The van der Waals surface area contributed by atoms with Crippen LogP contribution in [0.4, 0.5) is 0 Å². The van der Waals surface area contributed by atoms with Gasteiger partial charge in [-0.25, -0.2) is 0 Å². The Hall–Kier alpha value is -0.600. The second kappa shape index (κ2) is 7.42. The van der Waals surface area contributed by atoms with E-state index in [2.05, 4.69) is 20.8 Å². The van der Waals surface area contributed by atoms with Crippen molar-refractivity contribution in [3.63, 3.8) is 0 Å². The Labute approximate surface area is 132 Å². The van der Waals surface area contributed by atoms with E-state index >= 15 is 0 Å². The molecule has 0 aliphatic heterocycles. The summed E-state index contributed by atoms with van der Waals surface area (Å²) in [4.78, 5) is 0. The van der Waals surface area contributed by atoms with E-state index in [1.165, 1.54) is 0 Å². The largest absolute Gasteiger partial charge is 0.490 e. The van der Waals surface area contributed by atoms with E-state index < -0.39 is 0 Å². The molecule has 4 heteroatoms. The normalized spacial score (nSPS) is 13.2. The standard InChI is InChI=1S/C16H24Cl2O2/c1-6-19-14-8-11(13(18)10-16(3,4)5)12(17)9-15(14)20-7-2/h8-9,13H,6-7,10H2,1-5H3. The molecule has 1 aromatic rings. The van der Waals surface area contributed by atoms with Gasteiger partial charge in [0.05, 0.1) is 18.6 Å². The molecular formula is C16H24Cl2O2. The van der Waals surface area contributed by atoms with Crippen molar-refractivity contribution in [1.29, 1.82) is 0 Å². The summed E-state index contributed by atoms with van der Waals surface area (Å²) in [6.07, 6.45) is 0.841. The van der Waals surface area contributed by atoms with Crippen LogP contribution in [0.3, 0.4) is 0 Å². The predicted molar refractivity (Wildman–Crippen MR) is 86.5 cm³/mol. The Morgan fingerprint density at radius 3 is 2.00 bits per heavy atom. The molecule has 1 aromatic carbocycles. The maximum atomic E-state index is 6.52. The van der Waals surface area contributed by atoms with Gasteiger partial charge in [-0.2, -0.15) is 0 Å². The molecule has 0 bridgehead atoms. The molecule has 2 nitrogen and oxygen atoms in total. The number of rotatable bonds is 6. The summed E-state index contributed by atoms with van der Waals surface area (Å²) in [5, 5.41) is 0.485. The molecule has 0 heterocycles. The monoisotopic (exact) mass is 318 g/mol. The Bertz CT molecular complexity index is 439. The van der Waals surface area contributed by atoms with Crippen LogP contribution >= 0.6 is 23.2 Å². The van der Waals surface area contributed by atoms with E-state index in [-0.39, 0.29) is 10.8 Å². The van der Waals surface area contributed by atoms with Gasteiger partial charge >= 0.3 is 0 Å². The SMILES string of the molecule is CCOc1cc(Cl)c(C(Cl)CC(C)(C)C)cc1OCC. The van der Waals surface area contributed by atoms with Crippen molar-refractivity contribution in [2.45, 2.75) is 46.4 Å². The molecule has 0 radical (unpaired) electrons. The molecule has 0 amide bonds. The number of alkyl halides is 1. The summed E-state index contributed by atoms with van der Waals surface area (Å²) < 4.78 is 11.2. The number of halogens is 2. The Morgan fingerprint density at radius 1 is 1.05 bits per heavy atom. The van der Waals surface area contributed by atoms with Crippen molar-refractivity contribution in [2.75, 3.05) is 13.2 Å². The third kappa shape index (κ3) is 5.06. The quantitative estimate of drug-likeness (QED) is 0.612. The lowest BCUT2D eigenvalue weighted by Gasteiger charge is -2.23. The Balaban J connectivity index is 3.10. The zero-order chi connectivity index (χ0) is 15.3. The van der Waals surface area contributed by atoms with Crippen molar-refractivity contribution in [1.82, 2.24) is 0 Å². The lowest BCUT2D eigenvalue weighted by atomic mass is 9.88. The fourth-order valence-corrected chi connectivity index (χ4v) is 2.96. The first-order chi connectivity index (χ1) is 9.28. The van der Waals surface area contributed by atoms with E-state index in [9.17, 15) is 0 Å². The van der Waals surface area contributed by atoms with Gasteiger partial charge in [0.1, 0.15) is 0 Å². The van der Waals surface area contributed by atoms with Crippen LogP contribution in [0.2, 0.25) is 5.02 Å². The molecule has 0 aliphatic carbocycles. The molecule has 0 aliphatic rings. The van der Waals surface area contributed by atoms with E-state index in [1.807, 2.05) is 19.9 Å². The molecule has 0 aromatic heterocycles. The predicted octanol–water partition coefficient (Wildman–Crippen LogP) is 5.85. The highest BCUT2D eigenvalue weighted by atomic mass is 35.5. The third-order valence-electron chi connectivity index (χ3n) is 2.79. The summed E-state index contributed by atoms with van der Waals surface area (Å²) in [6.45, 7) is 11.5. The van der Waals surface area contributed by atoms with Crippen LogP contribution in [0.5, 0.6) is 11.5 Å². The summed E-state index contributed by atoms with van der Waals surface area (Å²) in [5.74, 6) is 1.37. The maximum absolute atomic E-state index is 6.52. The first-order valence-electron chi connectivity index (χ1n) is 7.01. The van der Waals surface area contributed by atoms with E-state index in [1.54, 1.807) is 6.07 Å². The van der Waals surface area contributed by atoms with Gasteiger partial charge in [-0.1, -0.05) is 32.4 Å². The van der Waals surface area contributed by atoms with Crippen LogP contribution < -0.4 is 9.47 Å². The maximum Gasteiger partial charge on any atom is 0.162 e. The van der Waals surface area contributed by atoms with Crippen molar-refractivity contribution < 1.29 is 9.47 Å². The van der Waals surface area contributed by atoms with Crippen LogP contribution in [0.15, 0.2) is 12.1 Å². The summed E-state index contributed by atoms with van der Waals surface area (Å²) in [6, 6.07) is 3.70. The first-order valence-corrected chi connectivity index (χ1v) is 7.83. The van der Waals surface area contributed by atoms with E-state index in [0.29, 0.717) is 29.7 Å². The summed E-state index contributed by atoms with van der Waals surface area (Å²) in [7, 11) is 0. The second-order valence-corrected chi connectivity index (χ2v) is 6.85. The molecule has 20 heavy (non-hydrogen) atoms. The zero-order valence-corrected chi connectivity index (χ0v) is 14.4. The topological polar surface area (TPSA) is 18.5 Å². The number of ether oxygens (including phenoxy) is 2. The van der Waals surface area contributed by atoms with Crippen LogP contribution in [-0.2, 0) is 0 Å². The zero-order valence-electron chi connectivity index (χ0n) is 12.9. The molecule has 0 saturated carbocycles.